The van der Waals surface area contributed by atoms with Gasteiger partial charge in [-0.05, 0) is 65.5 Å². The minimum Gasteiger partial charge on any atom is -0.398 e. The fourth-order valence-corrected chi connectivity index (χ4v) is 2.41. The lowest BCUT2D eigenvalue weighted by Gasteiger charge is -2.12. The van der Waals surface area contributed by atoms with Gasteiger partial charge in [-0.25, -0.2) is 0 Å². The molecule has 0 unspecified atom stereocenters. The summed E-state index contributed by atoms with van der Waals surface area (Å²) in [4.78, 5) is 12.4. The van der Waals surface area contributed by atoms with Crippen molar-refractivity contribution in [2.45, 2.75) is 20.8 Å². The van der Waals surface area contributed by atoms with Crippen molar-refractivity contribution in [1.82, 2.24) is 0 Å². The maximum absolute atomic E-state index is 12.4. The maximum atomic E-state index is 12.4. The second-order valence-corrected chi connectivity index (χ2v) is 5.71. The first-order chi connectivity index (χ1) is 9.40. The number of nitrogen functional groups attached to an aromatic ring is 1. The van der Waals surface area contributed by atoms with Crippen LogP contribution in [0.15, 0.2) is 34.8 Å². The van der Waals surface area contributed by atoms with E-state index >= 15 is 0 Å². The van der Waals surface area contributed by atoms with Gasteiger partial charge in [-0.2, -0.15) is 0 Å². The lowest BCUT2D eigenvalue weighted by Crippen LogP contribution is -2.14. The Morgan fingerprint density at radius 3 is 2.50 bits per heavy atom. The zero-order chi connectivity index (χ0) is 14.9. The average Bonchev–Trinajstić information content (AvgIpc) is 2.39. The Morgan fingerprint density at radius 1 is 1.10 bits per heavy atom. The number of hydrogen-bond acceptors (Lipinski definition) is 2. The smallest absolute Gasteiger partial charge is 0.256 e. The van der Waals surface area contributed by atoms with Gasteiger partial charge in [0.15, 0.2) is 0 Å². The van der Waals surface area contributed by atoms with Gasteiger partial charge in [0.05, 0.1) is 5.69 Å². The molecule has 0 saturated carbocycles. The van der Waals surface area contributed by atoms with Gasteiger partial charge in [-0.15, -0.1) is 0 Å². The molecule has 1 amide bonds. The molecular formula is C16H17BrN2O. The molecule has 0 aromatic heterocycles. The molecule has 3 N–H and O–H groups in total. The molecule has 0 fully saturated rings. The van der Waals surface area contributed by atoms with E-state index in [4.69, 9.17) is 5.73 Å². The second kappa shape index (κ2) is 5.67. The fraction of sp³-hybridized carbons (Fsp3) is 0.188. The lowest BCUT2D eigenvalue weighted by molar-refractivity contribution is 0.102. The summed E-state index contributed by atoms with van der Waals surface area (Å²) in [7, 11) is 0. The van der Waals surface area contributed by atoms with Gasteiger partial charge in [0, 0.05) is 15.7 Å². The number of halogens is 1. The predicted molar refractivity (Wildman–Crippen MR) is 87.2 cm³/mol. The zero-order valence-corrected chi connectivity index (χ0v) is 13.3. The minimum absolute atomic E-state index is 0.152. The summed E-state index contributed by atoms with van der Waals surface area (Å²) in [5.74, 6) is -0.152. The SMILES string of the molecule is Cc1cc(C)c(C(=O)Nc2cccc(C)c2Br)cc1N. The van der Waals surface area contributed by atoms with Gasteiger partial charge in [-0.3, -0.25) is 4.79 Å². The summed E-state index contributed by atoms with van der Waals surface area (Å²) in [6.07, 6.45) is 0. The average molecular weight is 333 g/mol. The third kappa shape index (κ3) is 2.85. The van der Waals surface area contributed by atoms with E-state index < -0.39 is 0 Å². The van der Waals surface area contributed by atoms with Crippen molar-refractivity contribution in [3.8, 4) is 0 Å². The van der Waals surface area contributed by atoms with Crippen molar-refractivity contribution in [2.75, 3.05) is 11.1 Å². The summed E-state index contributed by atoms with van der Waals surface area (Å²) >= 11 is 3.49. The van der Waals surface area contributed by atoms with Crippen LogP contribution >= 0.6 is 15.9 Å². The van der Waals surface area contributed by atoms with Gasteiger partial charge in [-0.1, -0.05) is 18.2 Å². The number of carbonyl (C=O) groups excluding carboxylic acids is 1. The number of aryl methyl sites for hydroxylation is 3. The highest BCUT2D eigenvalue weighted by molar-refractivity contribution is 9.10. The number of amides is 1. The van der Waals surface area contributed by atoms with Gasteiger partial charge >= 0.3 is 0 Å². The van der Waals surface area contributed by atoms with Crippen molar-refractivity contribution in [3.63, 3.8) is 0 Å². The first-order valence-electron chi connectivity index (χ1n) is 6.33. The van der Waals surface area contributed by atoms with E-state index in [0.717, 1.165) is 26.9 Å². The lowest BCUT2D eigenvalue weighted by atomic mass is 10.0. The zero-order valence-electron chi connectivity index (χ0n) is 11.8. The highest BCUT2D eigenvalue weighted by Crippen LogP contribution is 2.27. The third-order valence-corrected chi connectivity index (χ3v) is 4.35. The molecular weight excluding hydrogens is 316 g/mol. The molecule has 20 heavy (non-hydrogen) atoms. The number of nitrogens with two attached hydrogens (primary N) is 1. The van der Waals surface area contributed by atoms with Crippen molar-refractivity contribution in [2.24, 2.45) is 0 Å². The Balaban J connectivity index is 2.33. The quantitative estimate of drug-likeness (QED) is 0.809. The fourth-order valence-electron chi connectivity index (χ4n) is 2.05. The molecule has 0 aliphatic carbocycles. The Hall–Kier alpha value is -1.81. The van der Waals surface area contributed by atoms with Crippen molar-refractivity contribution >= 4 is 33.2 Å². The van der Waals surface area contributed by atoms with Crippen LogP contribution in [0.25, 0.3) is 0 Å². The molecule has 0 atom stereocenters. The summed E-state index contributed by atoms with van der Waals surface area (Å²) in [6.45, 7) is 5.82. The van der Waals surface area contributed by atoms with E-state index in [1.165, 1.54) is 0 Å². The number of hydrogen-bond donors (Lipinski definition) is 2. The van der Waals surface area contributed by atoms with Crippen molar-refractivity contribution < 1.29 is 4.79 Å². The third-order valence-electron chi connectivity index (χ3n) is 3.30. The van der Waals surface area contributed by atoms with E-state index in [-0.39, 0.29) is 5.91 Å². The van der Waals surface area contributed by atoms with Crippen LogP contribution in [0.1, 0.15) is 27.0 Å². The Morgan fingerprint density at radius 2 is 1.80 bits per heavy atom. The van der Waals surface area contributed by atoms with Crippen LogP contribution in [0.3, 0.4) is 0 Å². The largest absolute Gasteiger partial charge is 0.398 e. The molecule has 0 bridgehead atoms. The standard InChI is InChI=1S/C16H17BrN2O/c1-9-5-4-6-14(15(9)17)19-16(20)12-8-13(18)11(3)7-10(12)2/h4-8H,18H2,1-3H3,(H,19,20). The highest BCUT2D eigenvalue weighted by atomic mass is 79.9. The molecule has 0 saturated heterocycles. The van der Waals surface area contributed by atoms with E-state index in [9.17, 15) is 4.79 Å². The van der Waals surface area contributed by atoms with E-state index in [0.29, 0.717) is 11.3 Å². The maximum Gasteiger partial charge on any atom is 0.256 e. The van der Waals surface area contributed by atoms with Gasteiger partial charge in [0.1, 0.15) is 0 Å². The second-order valence-electron chi connectivity index (χ2n) is 4.91. The van der Waals surface area contributed by atoms with Crippen LogP contribution < -0.4 is 11.1 Å². The summed E-state index contributed by atoms with van der Waals surface area (Å²) in [6, 6.07) is 9.40. The first kappa shape index (κ1) is 14.6. The Bertz CT molecular complexity index is 680. The summed E-state index contributed by atoms with van der Waals surface area (Å²) in [5, 5.41) is 2.91. The number of benzene rings is 2. The molecule has 0 radical (unpaired) electrons. The predicted octanol–water partition coefficient (Wildman–Crippen LogP) is 4.21. The molecule has 104 valence electrons. The number of rotatable bonds is 2. The Labute approximate surface area is 127 Å². The molecule has 2 aromatic rings. The first-order valence-corrected chi connectivity index (χ1v) is 7.12. The number of anilines is 2. The number of nitrogens with one attached hydrogen (secondary N) is 1. The molecule has 0 aliphatic heterocycles. The molecule has 0 heterocycles. The van der Waals surface area contributed by atoms with Crippen LogP contribution in [0.5, 0.6) is 0 Å². The van der Waals surface area contributed by atoms with Crippen LogP contribution in [-0.2, 0) is 0 Å². The summed E-state index contributed by atoms with van der Waals surface area (Å²) in [5.41, 5.74) is 10.8. The van der Waals surface area contributed by atoms with Gasteiger partial charge in [0.2, 0.25) is 0 Å². The van der Waals surface area contributed by atoms with E-state index in [1.807, 2.05) is 45.0 Å². The topological polar surface area (TPSA) is 55.1 Å². The normalized spacial score (nSPS) is 10.4. The molecule has 0 aliphatic rings. The molecule has 3 nitrogen and oxygen atoms in total. The van der Waals surface area contributed by atoms with E-state index in [1.54, 1.807) is 6.07 Å². The van der Waals surface area contributed by atoms with Crippen LogP contribution in [0.4, 0.5) is 11.4 Å². The minimum atomic E-state index is -0.152. The van der Waals surface area contributed by atoms with Gasteiger partial charge in [0.25, 0.3) is 5.91 Å². The van der Waals surface area contributed by atoms with Gasteiger partial charge < -0.3 is 11.1 Å². The van der Waals surface area contributed by atoms with Crippen molar-refractivity contribution in [3.05, 3.63) is 57.1 Å². The molecule has 0 spiro atoms. The monoisotopic (exact) mass is 332 g/mol. The van der Waals surface area contributed by atoms with Crippen molar-refractivity contribution in [1.29, 1.82) is 0 Å². The van der Waals surface area contributed by atoms with Crippen LogP contribution in [0.2, 0.25) is 0 Å². The highest BCUT2D eigenvalue weighted by Gasteiger charge is 2.13. The molecule has 2 aromatic carbocycles. The van der Waals surface area contributed by atoms with Crippen LogP contribution in [-0.4, -0.2) is 5.91 Å². The number of carbonyl (C=O) groups is 1. The summed E-state index contributed by atoms with van der Waals surface area (Å²) < 4.78 is 0.895. The van der Waals surface area contributed by atoms with Crippen LogP contribution in [0, 0.1) is 20.8 Å². The molecule has 2 rings (SSSR count). The van der Waals surface area contributed by atoms with E-state index in [2.05, 4.69) is 21.2 Å². The molecule has 4 heteroatoms. The Kier molecular flexibility index (Phi) is 4.14.